The van der Waals surface area contributed by atoms with Crippen molar-refractivity contribution in [3.63, 3.8) is 0 Å². The lowest BCUT2D eigenvalue weighted by Gasteiger charge is -2.32. The van der Waals surface area contributed by atoms with Crippen LogP contribution >= 0.6 is 0 Å². The lowest BCUT2D eigenvalue weighted by atomic mass is 9.85. The van der Waals surface area contributed by atoms with Crippen molar-refractivity contribution in [1.82, 2.24) is 4.90 Å². The molecule has 2 unspecified atom stereocenters. The minimum absolute atomic E-state index is 0.000463. The number of amides is 1. The number of hydrogen-bond donors (Lipinski definition) is 1. The van der Waals surface area contributed by atoms with Gasteiger partial charge in [-0.1, -0.05) is 61.4 Å². The van der Waals surface area contributed by atoms with Gasteiger partial charge in [0.2, 0.25) is 0 Å². The molecule has 1 amide bonds. The highest BCUT2D eigenvalue weighted by molar-refractivity contribution is 5.82. The van der Waals surface area contributed by atoms with E-state index >= 15 is 0 Å². The molecule has 2 aliphatic carbocycles. The molecule has 29 heavy (non-hydrogen) atoms. The number of nitrogens with zero attached hydrogens (tertiary/aromatic N) is 1. The van der Waals surface area contributed by atoms with E-state index in [1.54, 1.807) is 0 Å². The van der Waals surface area contributed by atoms with Gasteiger partial charge in [0.05, 0.1) is 0 Å². The summed E-state index contributed by atoms with van der Waals surface area (Å²) < 4.78 is 5.78. The number of carboxylic acids is 1. The van der Waals surface area contributed by atoms with Crippen LogP contribution < -0.4 is 0 Å². The van der Waals surface area contributed by atoms with Gasteiger partial charge in [-0.3, -0.25) is 4.90 Å². The molecule has 5 nitrogen and oxygen atoms in total. The number of aliphatic carboxylic acids is 1. The van der Waals surface area contributed by atoms with Crippen LogP contribution in [0.2, 0.25) is 0 Å². The highest BCUT2D eigenvalue weighted by Crippen LogP contribution is 2.45. The van der Waals surface area contributed by atoms with E-state index in [4.69, 9.17) is 4.74 Å². The van der Waals surface area contributed by atoms with Crippen LogP contribution in [0.4, 0.5) is 4.79 Å². The molecule has 1 saturated heterocycles. The number of carbonyl (C=O) groups is 2. The van der Waals surface area contributed by atoms with E-state index in [1.807, 2.05) is 24.3 Å². The monoisotopic (exact) mass is 391 g/mol. The topological polar surface area (TPSA) is 66.8 Å². The lowest BCUT2D eigenvalue weighted by Crippen LogP contribution is -2.46. The SMILES string of the molecule is O=C(O)[C@H]1CC2CCCCC2N1C(=O)OCC1c2ccccc2-c2ccccc21. The first-order chi connectivity index (χ1) is 14.1. The van der Waals surface area contributed by atoms with E-state index in [1.165, 1.54) is 16.0 Å². The van der Waals surface area contributed by atoms with Crippen molar-refractivity contribution in [2.75, 3.05) is 6.61 Å². The van der Waals surface area contributed by atoms with Gasteiger partial charge >= 0.3 is 12.1 Å². The van der Waals surface area contributed by atoms with Gasteiger partial charge in [-0.15, -0.1) is 0 Å². The van der Waals surface area contributed by atoms with Crippen molar-refractivity contribution in [2.45, 2.75) is 50.1 Å². The van der Waals surface area contributed by atoms with Crippen molar-refractivity contribution in [3.05, 3.63) is 59.7 Å². The molecule has 1 N–H and O–H groups in total. The van der Waals surface area contributed by atoms with E-state index in [2.05, 4.69) is 24.3 Å². The van der Waals surface area contributed by atoms with Crippen molar-refractivity contribution >= 4 is 12.1 Å². The second-order valence-electron chi connectivity index (χ2n) is 8.41. The summed E-state index contributed by atoms with van der Waals surface area (Å²) in [6, 6.07) is 15.7. The summed E-state index contributed by atoms with van der Waals surface area (Å²) in [5.41, 5.74) is 4.68. The highest BCUT2D eigenvalue weighted by atomic mass is 16.6. The van der Waals surface area contributed by atoms with Crippen molar-refractivity contribution in [2.24, 2.45) is 5.92 Å². The molecular weight excluding hydrogens is 366 g/mol. The zero-order valence-electron chi connectivity index (χ0n) is 16.3. The molecule has 0 spiro atoms. The first-order valence-electron chi connectivity index (χ1n) is 10.5. The first-order valence-corrected chi connectivity index (χ1v) is 10.5. The predicted octanol–water partition coefficient (Wildman–Crippen LogP) is 4.65. The van der Waals surface area contributed by atoms with E-state index in [9.17, 15) is 14.7 Å². The second-order valence-corrected chi connectivity index (χ2v) is 8.41. The Morgan fingerprint density at radius 1 is 0.966 bits per heavy atom. The van der Waals surface area contributed by atoms with Crippen molar-refractivity contribution in [3.8, 4) is 11.1 Å². The Bertz CT molecular complexity index is 910. The quantitative estimate of drug-likeness (QED) is 0.827. The minimum Gasteiger partial charge on any atom is -0.480 e. The molecule has 1 heterocycles. The van der Waals surface area contributed by atoms with E-state index in [-0.39, 0.29) is 24.5 Å². The smallest absolute Gasteiger partial charge is 0.410 e. The Hall–Kier alpha value is -2.82. The third kappa shape index (κ3) is 3.00. The van der Waals surface area contributed by atoms with Crippen molar-refractivity contribution in [1.29, 1.82) is 0 Å². The molecule has 150 valence electrons. The zero-order chi connectivity index (χ0) is 20.0. The number of hydrogen-bond acceptors (Lipinski definition) is 3. The Labute approximate surface area is 170 Å². The fraction of sp³-hybridized carbons (Fsp3) is 0.417. The molecule has 5 heteroatoms. The maximum atomic E-state index is 13.0. The number of benzene rings is 2. The molecule has 0 aromatic heterocycles. The molecule has 2 aromatic carbocycles. The average molecular weight is 391 g/mol. The van der Waals surface area contributed by atoms with E-state index < -0.39 is 18.1 Å². The van der Waals surface area contributed by atoms with Crippen molar-refractivity contribution < 1.29 is 19.4 Å². The van der Waals surface area contributed by atoms with Crippen LogP contribution in [-0.2, 0) is 9.53 Å². The molecule has 1 saturated carbocycles. The summed E-state index contributed by atoms with van der Waals surface area (Å²) in [5.74, 6) is -0.655. The summed E-state index contributed by atoms with van der Waals surface area (Å²) in [4.78, 5) is 26.4. The summed E-state index contributed by atoms with van der Waals surface area (Å²) in [5, 5.41) is 9.67. The third-order valence-corrected chi connectivity index (χ3v) is 6.92. The number of rotatable bonds is 3. The fourth-order valence-corrected chi connectivity index (χ4v) is 5.61. The van der Waals surface area contributed by atoms with E-state index in [0.29, 0.717) is 6.42 Å². The van der Waals surface area contributed by atoms with Gasteiger partial charge in [0.1, 0.15) is 12.6 Å². The molecule has 3 atom stereocenters. The minimum atomic E-state index is -0.923. The van der Waals surface area contributed by atoms with Crippen LogP contribution in [0.15, 0.2) is 48.5 Å². The lowest BCUT2D eigenvalue weighted by molar-refractivity contribution is -0.142. The summed E-state index contributed by atoms with van der Waals surface area (Å²) in [7, 11) is 0. The van der Waals surface area contributed by atoms with Gasteiger partial charge in [-0.05, 0) is 47.4 Å². The maximum absolute atomic E-state index is 13.0. The van der Waals surface area contributed by atoms with Gasteiger partial charge in [-0.2, -0.15) is 0 Å². The standard InChI is InChI=1S/C24H25NO4/c26-23(27)22-13-15-7-1-6-12-21(15)25(22)24(28)29-14-20-18-10-4-2-8-16(18)17-9-3-5-11-19(17)20/h2-5,8-11,15,20-22H,1,6-7,12-14H2,(H,26,27)/t15?,21?,22-/m1/s1. The van der Waals surface area contributed by atoms with Crippen LogP contribution in [-0.4, -0.2) is 40.8 Å². The number of carbonyl (C=O) groups excluding carboxylic acids is 1. The largest absolute Gasteiger partial charge is 0.480 e. The molecule has 2 fully saturated rings. The number of fused-ring (bicyclic) bond motifs is 4. The molecule has 1 aliphatic heterocycles. The van der Waals surface area contributed by atoms with Crippen LogP contribution in [0.1, 0.15) is 49.1 Å². The normalized spacial score (nSPS) is 25.2. The molecule has 5 rings (SSSR count). The zero-order valence-corrected chi connectivity index (χ0v) is 16.3. The molecule has 3 aliphatic rings. The molecule has 2 aromatic rings. The number of likely N-dealkylation sites (tertiary alicyclic amines) is 1. The van der Waals surface area contributed by atoms with Gasteiger partial charge < -0.3 is 9.84 Å². The number of carboxylic acid groups (broad SMARTS) is 1. The molecule has 0 radical (unpaired) electrons. The van der Waals surface area contributed by atoms with Gasteiger partial charge in [-0.25, -0.2) is 9.59 Å². The van der Waals surface area contributed by atoms with Crippen LogP contribution in [0.25, 0.3) is 11.1 Å². The molecular formula is C24H25NO4. The first kappa shape index (κ1) is 18.2. The number of ether oxygens (including phenoxy) is 1. The second kappa shape index (κ2) is 7.21. The van der Waals surface area contributed by atoms with E-state index in [0.717, 1.165) is 36.8 Å². The Morgan fingerprint density at radius 3 is 2.24 bits per heavy atom. The van der Waals surface area contributed by atoms with Gasteiger partial charge in [0, 0.05) is 12.0 Å². The summed E-state index contributed by atoms with van der Waals surface area (Å²) in [6.07, 6.45) is 4.10. The summed E-state index contributed by atoms with van der Waals surface area (Å²) >= 11 is 0. The van der Waals surface area contributed by atoms with Crippen LogP contribution in [0.5, 0.6) is 0 Å². The Morgan fingerprint density at radius 2 is 1.59 bits per heavy atom. The fourth-order valence-electron chi connectivity index (χ4n) is 5.61. The average Bonchev–Trinajstić information content (AvgIpc) is 3.29. The Kier molecular flexibility index (Phi) is 4.53. The van der Waals surface area contributed by atoms with Crippen LogP contribution in [0.3, 0.4) is 0 Å². The predicted molar refractivity (Wildman–Crippen MR) is 109 cm³/mol. The highest BCUT2D eigenvalue weighted by Gasteiger charge is 2.48. The third-order valence-electron chi connectivity index (χ3n) is 6.92. The summed E-state index contributed by atoms with van der Waals surface area (Å²) in [6.45, 7) is 0.229. The van der Waals surface area contributed by atoms with Crippen LogP contribution in [0, 0.1) is 5.92 Å². The Balaban J connectivity index is 1.37. The van der Waals surface area contributed by atoms with Gasteiger partial charge in [0.25, 0.3) is 0 Å². The maximum Gasteiger partial charge on any atom is 0.410 e. The van der Waals surface area contributed by atoms with Gasteiger partial charge in [0.15, 0.2) is 0 Å². The molecule has 0 bridgehead atoms.